The quantitative estimate of drug-likeness (QED) is 0.176. The highest BCUT2D eigenvalue weighted by Crippen LogP contribution is 2.46. The monoisotopic (exact) mass is 663 g/mol. The van der Waals surface area contributed by atoms with Crippen LogP contribution >= 0.6 is 0 Å². The number of anilines is 3. The number of furan rings is 1. The molecular weight excluding hydrogens is 631 g/mol. The molecule has 2 heteroatoms. The van der Waals surface area contributed by atoms with Crippen LogP contribution in [0.15, 0.2) is 205 Å². The van der Waals surface area contributed by atoms with Gasteiger partial charge in [0, 0.05) is 16.6 Å². The number of benzene rings is 9. The molecule has 0 atom stereocenters. The minimum absolute atomic E-state index is 0.869. The van der Waals surface area contributed by atoms with E-state index in [4.69, 9.17) is 4.42 Å². The van der Waals surface area contributed by atoms with Gasteiger partial charge in [-0.1, -0.05) is 158 Å². The summed E-state index contributed by atoms with van der Waals surface area (Å²) in [5.74, 6) is 0. The Kier molecular flexibility index (Phi) is 7.18. The summed E-state index contributed by atoms with van der Waals surface area (Å²) in [5.41, 5.74) is 12.1. The lowest BCUT2D eigenvalue weighted by molar-refractivity contribution is 0.669. The number of para-hydroxylation sites is 2. The molecule has 0 N–H and O–H groups in total. The average molecular weight is 664 g/mol. The lowest BCUT2D eigenvalue weighted by atomic mass is 9.95. The lowest BCUT2D eigenvalue weighted by Crippen LogP contribution is -2.11. The van der Waals surface area contributed by atoms with Crippen LogP contribution in [0.5, 0.6) is 0 Å². The van der Waals surface area contributed by atoms with Gasteiger partial charge in [-0.25, -0.2) is 0 Å². The molecule has 1 aromatic heterocycles. The second-order valence-corrected chi connectivity index (χ2v) is 13.3. The summed E-state index contributed by atoms with van der Waals surface area (Å²) in [7, 11) is 0. The molecular formula is C50H33NO. The molecule has 0 aliphatic heterocycles. The van der Waals surface area contributed by atoms with Crippen molar-refractivity contribution >= 4 is 60.5 Å². The molecule has 0 spiro atoms. The highest BCUT2D eigenvalue weighted by Gasteiger charge is 2.22. The molecule has 0 unspecified atom stereocenters. The van der Waals surface area contributed by atoms with Crippen molar-refractivity contribution in [3.63, 3.8) is 0 Å². The van der Waals surface area contributed by atoms with Crippen LogP contribution in [0.3, 0.4) is 0 Å². The second kappa shape index (κ2) is 12.5. The lowest BCUT2D eigenvalue weighted by Gasteiger charge is -2.28. The molecule has 2 nitrogen and oxygen atoms in total. The molecule has 0 amide bonds. The van der Waals surface area contributed by atoms with Gasteiger partial charge in [-0.05, 0) is 91.8 Å². The normalized spacial score (nSPS) is 11.5. The van der Waals surface area contributed by atoms with Crippen LogP contribution in [0.4, 0.5) is 17.1 Å². The van der Waals surface area contributed by atoms with Crippen LogP contribution < -0.4 is 4.90 Å². The molecule has 10 aromatic rings. The summed E-state index contributed by atoms with van der Waals surface area (Å²) >= 11 is 0. The van der Waals surface area contributed by atoms with Crippen molar-refractivity contribution in [2.45, 2.75) is 0 Å². The van der Waals surface area contributed by atoms with Crippen LogP contribution in [0.1, 0.15) is 0 Å². The van der Waals surface area contributed by atoms with E-state index in [1.165, 1.54) is 43.8 Å². The molecule has 0 saturated carbocycles. The van der Waals surface area contributed by atoms with E-state index < -0.39 is 0 Å². The second-order valence-electron chi connectivity index (χ2n) is 13.3. The van der Waals surface area contributed by atoms with E-state index >= 15 is 0 Å². The molecule has 10 rings (SSSR count). The SMILES string of the molecule is c1ccc(N(c2ccc(-c3ccc4ccccc4c3)cc2)c2cccc3oc4ccccc4c23)c(-c2ccc(-c3cccc4ccccc34)cc2)c1. The van der Waals surface area contributed by atoms with Crippen LogP contribution in [0, 0.1) is 0 Å². The molecule has 0 bridgehead atoms. The highest BCUT2D eigenvalue weighted by molar-refractivity contribution is 6.14. The number of rotatable bonds is 6. The fourth-order valence-corrected chi connectivity index (χ4v) is 7.74. The van der Waals surface area contributed by atoms with Gasteiger partial charge >= 0.3 is 0 Å². The highest BCUT2D eigenvalue weighted by atomic mass is 16.3. The third-order valence-electron chi connectivity index (χ3n) is 10.3. The van der Waals surface area contributed by atoms with Gasteiger partial charge < -0.3 is 9.32 Å². The number of hydrogen-bond donors (Lipinski definition) is 0. The van der Waals surface area contributed by atoms with Crippen LogP contribution in [0.25, 0.3) is 76.9 Å². The predicted molar refractivity (Wildman–Crippen MR) is 220 cm³/mol. The standard InChI is InChI=1S/C50H33NO/c1-2-13-39-33-40(28-23-34(39)11-1)35-29-31-41(32-30-35)51(47-20-10-22-49-50(47)45-17-6-8-21-48(45)52-49)46-19-7-5-16-44(46)38-26-24-37(25-27-38)43-18-9-14-36-12-3-4-15-42(36)43/h1-33H. The Balaban J connectivity index is 1.13. The minimum atomic E-state index is 0.869. The van der Waals surface area contributed by atoms with E-state index in [-0.39, 0.29) is 0 Å². The van der Waals surface area contributed by atoms with Gasteiger partial charge in [-0.2, -0.15) is 0 Å². The molecule has 52 heavy (non-hydrogen) atoms. The maximum atomic E-state index is 6.40. The molecule has 0 aliphatic rings. The van der Waals surface area contributed by atoms with E-state index in [0.29, 0.717) is 0 Å². The minimum Gasteiger partial charge on any atom is -0.456 e. The summed E-state index contributed by atoms with van der Waals surface area (Å²) in [6.07, 6.45) is 0. The first-order chi connectivity index (χ1) is 25.8. The fourth-order valence-electron chi connectivity index (χ4n) is 7.74. The van der Waals surface area contributed by atoms with Crippen LogP contribution in [-0.2, 0) is 0 Å². The zero-order chi connectivity index (χ0) is 34.4. The van der Waals surface area contributed by atoms with Crippen molar-refractivity contribution in [1.29, 1.82) is 0 Å². The molecule has 1 heterocycles. The summed E-state index contributed by atoms with van der Waals surface area (Å²) in [6, 6.07) is 71.7. The smallest absolute Gasteiger partial charge is 0.137 e. The van der Waals surface area contributed by atoms with Crippen LogP contribution in [0.2, 0.25) is 0 Å². The van der Waals surface area contributed by atoms with Gasteiger partial charge in [-0.15, -0.1) is 0 Å². The molecule has 0 saturated heterocycles. The summed E-state index contributed by atoms with van der Waals surface area (Å²) in [6.45, 7) is 0. The average Bonchev–Trinajstić information content (AvgIpc) is 3.61. The van der Waals surface area contributed by atoms with Gasteiger partial charge in [0.15, 0.2) is 0 Å². The van der Waals surface area contributed by atoms with Gasteiger partial charge in [-0.3, -0.25) is 0 Å². The summed E-state index contributed by atoms with van der Waals surface area (Å²) in [5, 5.41) is 7.19. The van der Waals surface area contributed by atoms with Gasteiger partial charge in [0.25, 0.3) is 0 Å². The first kappa shape index (κ1) is 30.0. The van der Waals surface area contributed by atoms with Crippen molar-refractivity contribution in [2.24, 2.45) is 0 Å². The van der Waals surface area contributed by atoms with Crippen molar-refractivity contribution < 1.29 is 4.42 Å². The third kappa shape index (κ3) is 5.12. The maximum absolute atomic E-state index is 6.40. The van der Waals surface area contributed by atoms with Gasteiger partial charge in [0.1, 0.15) is 11.2 Å². The Morgan fingerprint density at radius 3 is 1.73 bits per heavy atom. The maximum Gasteiger partial charge on any atom is 0.137 e. The number of nitrogens with zero attached hydrogens (tertiary/aromatic N) is 1. The van der Waals surface area contributed by atoms with E-state index in [0.717, 1.165) is 50.1 Å². The van der Waals surface area contributed by atoms with Crippen LogP contribution in [-0.4, -0.2) is 0 Å². The molecule has 0 radical (unpaired) electrons. The molecule has 9 aromatic carbocycles. The Hall–Kier alpha value is -6.90. The van der Waals surface area contributed by atoms with Crippen molar-refractivity contribution in [3.8, 4) is 33.4 Å². The fraction of sp³-hybridized carbons (Fsp3) is 0. The van der Waals surface area contributed by atoms with Crippen molar-refractivity contribution in [2.75, 3.05) is 4.90 Å². The zero-order valence-electron chi connectivity index (χ0n) is 28.4. The van der Waals surface area contributed by atoms with E-state index in [9.17, 15) is 0 Å². The Labute approximate surface area is 302 Å². The Morgan fingerprint density at radius 2 is 0.885 bits per heavy atom. The first-order valence-electron chi connectivity index (χ1n) is 17.8. The largest absolute Gasteiger partial charge is 0.456 e. The first-order valence-corrected chi connectivity index (χ1v) is 17.8. The van der Waals surface area contributed by atoms with Gasteiger partial charge in [0.2, 0.25) is 0 Å². The van der Waals surface area contributed by atoms with E-state index in [1.54, 1.807) is 0 Å². The topological polar surface area (TPSA) is 16.4 Å². The van der Waals surface area contributed by atoms with Gasteiger partial charge in [0.05, 0.1) is 16.8 Å². The van der Waals surface area contributed by atoms with E-state index in [2.05, 4.69) is 193 Å². The summed E-state index contributed by atoms with van der Waals surface area (Å²) in [4.78, 5) is 2.39. The van der Waals surface area contributed by atoms with E-state index in [1.807, 2.05) is 12.1 Å². The molecule has 0 fully saturated rings. The molecule has 244 valence electrons. The number of fused-ring (bicyclic) bond motifs is 5. The predicted octanol–water partition coefficient (Wildman–Crippen LogP) is 14.4. The third-order valence-corrected chi connectivity index (χ3v) is 10.3. The van der Waals surface area contributed by atoms with Crippen molar-refractivity contribution in [3.05, 3.63) is 200 Å². The zero-order valence-corrected chi connectivity index (χ0v) is 28.4. The number of hydrogen-bond acceptors (Lipinski definition) is 2. The Morgan fingerprint density at radius 1 is 0.327 bits per heavy atom. The molecule has 0 aliphatic carbocycles. The Bertz CT molecular complexity index is 2890. The summed E-state index contributed by atoms with van der Waals surface area (Å²) < 4.78 is 6.40. The van der Waals surface area contributed by atoms with Crippen molar-refractivity contribution in [1.82, 2.24) is 0 Å².